The average molecular weight is 294 g/mol. The number of carbonyl (C=O) groups excluding carboxylic acids is 1. The summed E-state index contributed by atoms with van der Waals surface area (Å²) in [7, 11) is 0. The molecule has 1 heterocycles. The number of rotatable bonds is 5. The molecule has 21 heavy (non-hydrogen) atoms. The molecule has 0 aliphatic rings. The van der Waals surface area contributed by atoms with E-state index < -0.39 is 0 Å². The van der Waals surface area contributed by atoms with Crippen LogP contribution in [0.2, 0.25) is 0 Å². The molecular formula is C18H14O2S. The lowest BCUT2D eigenvalue weighted by atomic mass is 10.1. The molecule has 0 aliphatic carbocycles. The van der Waals surface area contributed by atoms with Crippen molar-refractivity contribution in [1.82, 2.24) is 0 Å². The third-order valence-corrected chi connectivity index (χ3v) is 3.96. The molecule has 0 N–H and O–H groups in total. The number of benzene rings is 2. The minimum Gasteiger partial charge on any atom is -0.489 e. The van der Waals surface area contributed by atoms with E-state index in [4.69, 9.17) is 4.74 Å². The lowest BCUT2D eigenvalue weighted by Crippen LogP contribution is -2.00. The Morgan fingerprint density at radius 3 is 2.57 bits per heavy atom. The highest BCUT2D eigenvalue weighted by atomic mass is 32.1. The van der Waals surface area contributed by atoms with E-state index in [9.17, 15) is 4.79 Å². The van der Waals surface area contributed by atoms with Crippen molar-refractivity contribution >= 4 is 17.1 Å². The Hall–Kier alpha value is -2.39. The Labute approximate surface area is 127 Å². The summed E-state index contributed by atoms with van der Waals surface area (Å²) >= 11 is 1.45. The van der Waals surface area contributed by atoms with Crippen LogP contribution >= 0.6 is 11.3 Å². The van der Waals surface area contributed by atoms with E-state index in [0.717, 1.165) is 10.4 Å². The van der Waals surface area contributed by atoms with E-state index in [0.29, 0.717) is 17.9 Å². The molecule has 0 spiro atoms. The van der Waals surface area contributed by atoms with E-state index in [-0.39, 0.29) is 5.78 Å². The molecule has 2 nitrogen and oxygen atoms in total. The standard InChI is InChI=1S/C18H14O2S/c19-18(17-10-5-11-21-17)15-8-4-9-16(12-15)20-13-14-6-2-1-3-7-14/h1-12H,13H2. The zero-order valence-corrected chi connectivity index (χ0v) is 12.2. The number of hydrogen-bond acceptors (Lipinski definition) is 3. The molecule has 0 saturated heterocycles. The van der Waals surface area contributed by atoms with Gasteiger partial charge in [-0.1, -0.05) is 48.5 Å². The molecule has 0 radical (unpaired) electrons. The second-order valence-corrected chi connectivity index (χ2v) is 5.56. The third kappa shape index (κ3) is 3.38. The van der Waals surface area contributed by atoms with Crippen LogP contribution in [0, 0.1) is 0 Å². The van der Waals surface area contributed by atoms with Crippen molar-refractivity contribution in [2.45, 2.75) is 6.61 Å². The van der Waals surface area contributed by atoms with Gasteiger partial charge in [-0.2, -0.15) is 0 Å². The maximum absolute atomic E-state index is 12.3. The summed E-state index contributed by atoms with van der Waals surface area (Å²) in [4.78, 5) is 13.0. The molecule has 0 fully saturated rings. The summed E-state index contributed by atoms with van der Waals surface area (Å²) in [5.74, 6) is 0.747. The highest BCUT2D eigenvalue weighted by molar-refractivity contribution is 7.12. The lowest BCUT2D eigenvalue weighted by Gasteiger charge is -2.07. The van der Waals surface area contributed by atoms with Crippen LogP contribution in [0.25, 0.3) is 0 Å². The summed E-state index contributed by atoms with van der Waals surface area (Å²) in [6.45, 7) is 0.498. The first-order valence-corrected chi connectivity index (χ1v) is 7.56. The van der Waals surface area contributed by atoms with E-state index in [1.807, 2.05) is 66.0 Å². The van der Waals surface area contributed by atoms with Crippen molar-refractivity contribution in [2.24, 2.45) is 0 Å². The fraction of sp³-hybridized carbons (Fsp3) is 0.0556. The first-order valence-electron chi connectivity index (χ1n) is 6.68. The molecule has 0 atom stereocenters. The molecule has 0 saturated carbocycles. The summed E-state index contributed by atoms with van der Waals surface area (Å²) in [6.07, 6.45) is 0. The van der Waals surface area contributed by atoms with Gasteiger partial charge >= 0.3 is 0 Å². The fourth-order valence-corrected chi connectivity index (χ4v) is 2.70. The molecule has 3 rings (SSSR count). The summed E-state index contributed by atoms with van der Waals surface area (Å²) in [5.41, 5.74) is 1.76. The maximum atomic E-state index is 12.3. The van der Waals surface area contributed by atoms with Gasteiger partial charge in [-0.3, -0.25) is 4.79 Å². The fourth-order valence-electron chi connectivity index (χ4n) is 2.02. The molecule has 0 bridgehead atoms. The van der Waals surface area contributed by atoms with Crippen LogP contribution in [0.5, 0.6) is 5.75 Å². The number of carbonyl (C=O) groups is 1. The van der Waals surface area contributed by atoms with Crippen molar-refractivity contribution in [3.8, 4) is 5.75 Å². The van der Waals surface area contributed by atoms with Gasteiger partial charge in [-0.05, 0) is 29.1 Å². The topological polar surface area (TPSA) is 26.3 Å². The van der Waals surface area contributed by atoms with Crippen LogP contribution in [0.3, 0.4) is 0 Å². The predicted molar refractivity (Wildman–Crippen MR) is 85.0 cm³/mol. The predicted octanol–water partition coefficient (Wildman–Crippen LogP) is 4.56. The van der Waals surface area contributed by atoms with E-state index in [1.54, 1.807) is 6.07 Å². The molecule has 0 unspecified atom stereocenters. The normalized spacial score (nSPS) is 10.3. The van der Waals surface area contributed by atoms with Crippen molar-refractivity contribution in [3.63, 3.8) is 0 Å². The zero-order chi connectivity index (χ0) is 14.5. The number of ether oxygens (including phenoxy) is 1. The second-order valence-electron chi connectivity index (χ2n) is 4.61. The van der Waals surface area contributed by atoms with Crippen molar-refractivity contribution in [1.29, 1.82) is 0 Å². The summed E-state index contributed by atoms with van der Waals surface area (Å²) < 4.78 is 5.75. The Balaban J connectivity index is 1.73. The first kappa shape index (κ1) is 13.6. The number of hydrogen-bond donors (Lipinski definition) is 0. The maximum Gasteiger partial charge on any atom is 0.203 e. The quantitative estimate of drug-likeness (QED) is 0.645. The first-order chi connectivity index (χ1) is 10.3. The third-order valence-electron chi connectivity index (χ3n) is 3.09. The smallest absolute Gasteiger partial charge is 0.203 e. The van der Waals surface area contributed by atoms with Gasteiger partial charge in [0.25, 0.3) is 0 Å². The van der Waals surface area contributed by atoms with Crippen LogP contribution in [0.15, 0.2) is 72.1 Å². The molecule has 2 aromatic carbocycles. The Bertz CT molecular complexity index is 718. The SMILES string of the molecule is O=C(c1cccc(OCc2ccccc2)c1)c1cccs1. The van der Waals surface area contributed by atoms with Gasteiger partial charge in [-0.15, -0.1) is 11.3 Å². The van der Waals surface area contributed by atoms with Crippen molar-refractivity contribution in [2.75, 3.05) is 0 Å². The molecule has 3 heteroatoms. The lowest BCUT2D eigenvalue weighted by molar-refractivity contribution is 0.104. The largest absolute Gasteiger partial charge is 0.489 e. The van der Waals surface area contributed by atoms with Gasteiger partial charge in [0.2, 0.25) is 5.78 Å². The summed E-state index contributed by atoms with van der Waals surface area (Å²) in [6, 6.07) is 21.0. The average Bonchev–Trinajstić information content (AvgIpc) is 3.08. The highest BCUT2D eigenvalue weighted by Crippen LogP contribution is 2.20. The van der Waals surface area contributed by atoms with Gasteiger partial charge in [0.1, 0.15) is 12.4 Å². The van der Waals surface area contributed by atoms with Crippen LogP contribution in [-0.2, 0) is 6.61 Å². The molecular weight excluding hydrogens is 280 g/mol. The zero-order valence-electron chi connectivity index (χ0n) is 11.4. The highest BCUT2D eigenvalue weighted by Gasteiger charge is 2.10. The molecule has 3 aromatic rings. The van der Waals surface area contributed by atoms with Crippen LogP contribution in [0.4, 0.5) is 0 Å². The van der Waals surface area contributed by atoms with Crippen molar-refractivity contribution in [3.05, 3.63) is 88.1 Å². The van der Waals surface area contributed by atoms with Crippen LogP contribution in [-0.4, -0.2) is 5.78 Å². The van der Waals surface area contributed by atoms with Gasteiger partial charge in [-0.25, -0.2) is 0 Å². The molecule has 1 aromatic heterocycles. The van der Waals surface area contributed by atoms with Gasteiger partial charge in [0, 0.05) is 5.56 Å². The second kappa shape index (κ2) is 6.37. The Morgan fingerprint density at radius 2 is 1.81 bits per heavy atom. The number of ketones is 1. The molecule has 0 aliphatic heterocycles. The van der Waals surface area contributed by atoms with Gasteiger partial charge in [0.15, 0.2) is 0 Å². The minimum absolute atomic E-state index is 0.0372. The van der Waals surface area contributed by atoms with Crippen molar-refractivity contribution < 1.29 is 9.53 Å². The van der Waals surface area contributed by atoms with E-state index in [1.165, 1.54) is 11.3 Å². The minimum atomic E-state index is 0.0372. The Morgan fingerprint density at radius 1 is 0.952 bits per heavy atom. The van der Waals surface area contributed by atoms with Gasteiger partial charge in [0.05, 0.1) is 4.88 Å². The van der Waals surface area contributed by atoms with Gasteiger partial charge < -0.3 is 4.74 Å². The number of thiophene rings is 1. The van der Waals surface area contributed by atoms with E-state index >= 15 is 0 Å². The van der Waals surface area contributed by atoms with Crippen LogP contribution < -0.4 is 4.74 Å². The Kier molecular flexibility index (Phi) is 4.12. The van der Waals surface area contributed by atoms with Crippen LogP contribution in [0.1, 0.15) is 20.8 Å². The van der Waals surface area contributed by atoms with E-state index in [2.05, 4.69) is 0 Å². The monoisotopic (exact) mass is 294 g/mol. The summed E-state index contributed by atoms with van der Waals surface area (Å²) in [5, 5.41) is 1.91. The molecule has 0 amide bonds. The molecule has 104 valence electrons.